The van der Waals surface area contributed by atoms with E-state index in [-0.39, 0.29) is 0 Å². The number of nitrogens with zero attached hydrogens (tertiary/aromatic N) is 1. The molecule has 2 rings (SSSR count). The van der Waals surface area contributed by atoms with E-state index in [2.05, 4.69) is 49.1 Å². The SMILES string of the molecule is CC1(CNCc2ncc(Br)cc2Br)CC1. The van der Waals surface area contributed by atoms with E-state index in [1.807, 2.05) is 12.3 Å². The van der Waals surface area contributed by atoms with Gasteiger partial charge in [0.2, 0.25) is 0 Å². The van der Waals surface area contributed by atoms with E-state index in [4.69, 9.17) is 0 Å². The van der Waals surface area contributed by atoms with Gasteiger partial charge in [0, 0.05) is 28.2 Å². The molecule has 0 atom stereocenters. The first-order chi connectivity index (χ1) is 7.09. The van der Waals surface area contributed by atoms with Crippen molar-refractivity contribution in [2.24, 2.45) is 5.41 Å². The van der Waals surface area contributed by atoms with Crippen LogP contribution in [0.2, 0.25) is 0 Å². The zero-order valence-electron chi connectivity index (χ0n) is 8.69. The van der Waals surface area contributed by atoms with Gasteiger partial charge in [0.15, 0.2) is 0 Å². The molecule has 4 heteroatoms. The fourth-order valence-electron chi connectivity index (χ4n) is 1.45. The van der Waals surface area contributed by atoms with Crippen LogP contribution in [0.3, 0.4) is 0 Å². The zero-order chi connectivity index (χ0) is 10.9. The van der Waals surface area contributed by atoms with Crippen LogP contribution < -0.4 is 5.32 Å². The van der Waals surface area contributed by atoms with Gasteiger partial charge in [-0.2, -0.15) is 0 Å². The first-order valence-corrected chi connectivity index (χ1v) is 6.68. The quantitative estimate of drug-likeness (QED) is 0.912. The summed E-state index contributed by atoms with van der Waals surface area (Å²) in [5, 5.41) is 3.46. The summed E-state index contributed by atoms with van der Waals surface area (Å²) in [6.07, 6.45) is 4.55. The molecule has 15 heavy (non-hydrogen) atoms. The van der Waals surface area contributed by atoms with E-state index < -0.39 is 0 Å². The first-order valence-electron chi connectivity index (χ1n) is 5.10. The lowest BCUT2D eigenvalue weighted by atomic mass is 10.1. The molecule has 1 aliphatic rings. The van der Waals surface area contributed by atoms with Crippen LogP contribution in [0, 0.1) is 5.41 Å². The molecule has 1 N–H and O–H groups in total. The van der Waals surface area contributed by atoms with Crippen LogP contribution in [0.1, 0.15) is 25.5 Å². The van der Waals surface area contributed by atoms with Crippen molar-refractivity contribution in [3.8, 4) is 0 Å². The molecule has 0 unspecified atom stereocenters. The highest BCUT2D eigenvalue weighted by atomic mass is 79.9. The van der Waals surface area contributed by atoms with Crippen molar-refractivity contribution in [3.63, 3.8) is 0 Å². The van der Waals surface area contributed by atoms with Gasteiger partial charge in [-0.05, 0) is 56.2 Å². The standard InChI is InChI=1S/C11H14Br2N2/c1-11(2-3-11)7-14-6-10-9(13)4-8(12)5-15-10/h4-5,14H,2-3,6-7H2,1H3. The number of nitrogens with one attached hydrogen (secondary N) is 1. The summed E-state index contributed by atoms with van der Waals surface area (Å²) < 4.78 is 2.07. The molecule has 0 spiro atoms. The van der Waals surface area contributed by atoms with Crippen molar-refractivity contribution in [2.75, 3.05) is 6.54 Å². The van der Waals surface area contributed by atoms with Crippen LogP contribution in [0.15, 0.2) is 21.2 Å². The maximum atomic E-state index is 4.36. The number of halogens is 2. The van der Waals surface area contributed by atoms with Crippen LogP contribution >= 0.6 is 31.9 Å². The van der Waals surface area contributed by atoms with Crippen molar-refractivity contribution in [1.82, 2.24) is 10.3 Å². The summed E-state index contributed by atoms with van der Waals surface area (Å²) in [5.41, 5.74) is 1.63. The molecule has 1 aliphatic carbocycles. The van der Waals surface area contributed by atoms with Crippen LogP contribution in [0.5, 0.6) is 0 Å². The molecule has 0 saturated heterocycles. The van der Waals surface area contributed by atoms with Crippen LogP contribution in [0.25, 0.3) is 0 Å². The largest absolute Gasteiger partial charge is 0.311 e. The van der Waals surface area contributed by atoms with Gasteiger partial charge < -0.3 is 5.32 Å². The van der Waals surface area contributed by atoms with Gasteiger partial charge in [-0.1, -0.05) is 6.92 Å². The van der Waals surface area contributed by atoms with Crippen molar-refractivity contribution in [3.05, 3.63) is 26.9 Å². The molecule has 0 amide bonds. The van der Waals surface area contributed by atoms with Crippen LogP contribution in [-0.2, 0) is 6.54 Å². The smallest absolute Gasteiger partial charge is 0.0684 e. The van der Waals surface area contributed by atoms with Gasteiger partial charge in [-0.3, -0.25) is 4.98 Å². The number of hydrogen-bond donors (Lipinski definition) is 1. The van der Waals surface area contributed by atoms with E-state index >= 15 is 0 Å². The normalized spacial score (nSPS) is 17.8. The Morgan fingerprint density at radius 3 is 2.80 bits per heavy atom. The van der Waals surface area contributed by atoms with Gasteiger partial charge >= 0.3 is 0 Å². The Morgan fingerprint density at radius 2 is 2.20 bits per heavy atom. The summed E-state index contributed by atoms with van der Waals surface area (Å²) in [6, 6.07) is 2.03. The highest BCUT2D eigenvalue weighted by Gasteiger charge is 2.36. The third kappa shape index (κ3) is 3.26. The molecule has 1 heterocycles. The van der Waals surface area contributed by atoms with Crippen LogP contribution in [-0.4, -0.2) is 11.5 Å². The van der Waals surface area contributed by atoms with E-state index in [1.165, 1.54) is 12.8 Å². The molecular formula is C11H14Br2N2. The topological polar surface area (TPSA) is 24.9 Å². The second-order valence-corrected chi connectivity index (χ2v) is 6.27. The van der Waals surface area contributed by atoms with Crippen molar-refractivity contribution in [2.45, 2.75) is 26.3 Å². The summed E-state index contributed by atoms with van der Waals surface area (Å²) >= 11 is 6.90. The third-order valence-electron chi connectivity index (χ3n) is 2.83. The van der Waals surface area contributed by atoms with Gasteiger partial charge in [0.05, 0.1) is 5.69 Å². The molecule has 0 radical (unpaired) electrons. The first kappa shape index (κ1) is 11.6. The van der Waals surface area contributed by atoms with Gasteiger partial charge in [0.25, 0.3) is 0 Å². The Balaban J connectivity index is 1.87. The molecule has 1 aromatic rings. The predicted octanol–water partition coefficient (Wildman–Crippen LogP) is 3.50. The second-order valence-electron chi connectivity index (χ2n) is 4.50. The second kappa shape index (κ2) is 4.52. The lowest BCUT2D eigenvalue weighted by Crippen LogP contribution is -2.22. The summed E-state index contributed by atoms with van der Waals surface area (Å²) in [6.45, 7) is 4.25. The van der Waals surface area contributed by atoms with Crippen molar-refractivity contribution < 1.29 is 0 Å². The minimum absolute atomic E-state index is 0.557. The molecule has 0 aliphatic heterocycles. The summed E-state index contributed by atoms with van der Waals surface area (Å²) in [4.78, 5) is 4.36. The fourth-order valence-corrected chi connectivity index (χ4v) is 2.57. The van der Waals surface area contributed by atoms with Gasteiger partial charge in [0.1, 0.15) is 0 Å². The van der Waals surface area contributed by atoms with E-state index in [0.717, 1.165) is 27.7 Å². The minimum Gasteiger partial charge on any atom is -0.311 e. The highest BCUT2D eigenvalue weighted by molar-refractivity contribution is 9.11. The molecular weight excluding hydrogens is 320 g/mol. The average Bonchev–Trinajstić information content (AvgIpc) is 2.88. The lowest BCUT2D eigenvalue weighted by Gasteiger charge is -2.10. The molecule has 1 aromatic heterocycles. The molecule has 2 nitrogen and oxygen atoms in total. The Kier molecular flexibility index (Phi) is 3.48. The van der Waals surface area contributed by atoms with Gasteiger partial charge in [-0.15, -0.1) is 0 Å². The third-order valence-corrected chi connectivity index (χ3v) is 3.95. The summed E-state index contributed by atoms with van der Waals surface area (Å²) in [5.74, 6) is 0. The number of pyridine rings is 1. The predicted molar refractivity (Wildman–Crippen MR) is 68.7 cm³/mol. The molecule has 0 bridgehead atoms. The van der Waals surface area contributed by atoms with Gasteiger partial charge in [-0.25, -0.2) is 0 Å². The lowest BCUT2D eigenvalue weighted by molar-refractivity contribution is 0.496. The Labute approximate surface area is 107 Å². The maximum Gasteiger partial charge on any atom is 0.0684 e. The van der Waals surface area contributed by atoms with Crippen molar-refractivity contribution >= 4 is 31.9 Å². The molecule has 0 aromatic carbocycles. The van der Waals surface area contributed by atoms with E-state index in [0.29, 0.717) is 5.41 Å². The average molecular weight is 334 g/mol. The molecule has 82 valence electrons. The Hall–Kier alpha value is 0.0700. The van der Waals surface area contributed by atoms with E-state index in [9.17, 15) is 0 Å². The summed E-state index contributed by atoms with van der Waals surface area (Å²) in [7, 11) is 0. The Morgan fingerprint density at radius 1 is 1.47 bits per heavy atom. The minimum atomic E-state index is 0.557. The molecule has 1 fully saturated rings. The Bertz CT molecular complexity index is 362. The van der Waals surface area contributed by atoms with Crippen molar-refractivity contribution in [1.29, 1.82) is 0 Å². The number of aromatic nitrogens is 1. The monoisotopic (exact) mass is 332 g/mol. The highest BCUT2D eigenvalue weighted by Crippen LogP contribution is 2.44. The fraction of sp³-hybridized carbons (Fsp3) is 0.545. The van der Waals surface area contributed by atoms with Crippen LogP contribution in [0.4, 0.5) is 0 Å². The zero-order valence-corrected chi connectivity index (χ0v) is 11.9. The van der Waals surface area contributed by atoms with E-state index in [1.54, 1.807) is 0 Å². The number of hydrogen-bond acceptors (Lipinski definition) is 2. The maximum absolute atomic E-state index is 4.36. The number of rotatable bonds is 4. The molecule has 1 saturated carbocycles.